The third kappa shape index (κ3) is 9.01. The molecule has 0 amide bonds. The molecule has 1 unspecified atom stereocenters. The van der Waals surface area contributed by atoms with Crippen LogP contribution in [0, 0.1) is 11.8 Å². The molecule has 0 aliphatic heterocycles. The Balaban J connectivity index is 1.93. The highest BCUT2D eigenvalue weighted by atomic mass is 32.9. The van der Waals surface area contributed by atoms with Crippen LogP contribution in [0.25, 0.3) is 0 Å². The van der Waals surface area contributed by atoms with Crippen molar-refractivity contribution in [3.8, 4) is 11.5 Å². The highest BCUT2D eigenvalue weighted by molar-refractivity contribution is 8.68. The summed E-state index contributed by atoms with van der Waals surface area (Å²) >= 11 is 7.90. The Labute approximate surface area is 221 Å². The standard InChI is InChI=1S/C30H39O2PS2/c1-23(2)19-21-27-15-9-11-17-29(27)31-33(34,35-25(5)26-13-7-6-8-14-26)32-30-18-12-10-16-28(30)22-20-24(3)4/h6-18,23-25H,19-22H2,1-5H3. The summed E-state index contributed by atoms with van der Waals surface area (Å²) in [4.78, 5) is 0. The van der Waals surface area contributed by atoms with Crippen LogP contribution >= 0.6 is 17.1 Å². The van der Waals surface area contributed by atoms with Crippen molar-refractivity contribution in [2.45, 2.75) is 65.6 Å². The van der Waals surface area contributed by atoms with Crippen LogP contribution < -0.4 is 9.05 Å². The van der Waals surface area contributed by atoms with Crippen molar-refractivity contribution in [1.82, 2.24) is 0 Å². The van der Waals surface area contributed by atoms with Gasteiger partial charge in [-0.2, -0.15) is 0 Å². The monoisotopic (exact) mass is 526 g/mol. The zero-order valence-electron chi connectivity index (χ0n) is 21.6. The van der Waals surface area contributed by atoms with Gasteiger partial charge in [0.25, 0.3) is 0 Å². The second-order valence-corrected chi connectivity index (χ2v) is 16.3. The first-order chi connectivity index (χ1) is 16.8. The first-order valence-corrected chi connectivity index (χ1v) is 16.8. The summed E-state index contributed by atoms with van der Waals surface area (Å²) in [6.45, 7) is 11.2. The average Bonchev–Trinajstić information content (AvgIpc) is 2.83. The maximum Gasteiger partial charge on any atom is 0.349 e. The number of benzene rings is 3. The second kappa shape index (κ2) is 13.5. The van der Waals surface area contributed by atoms with E-state index in [1.54, 1.807) is 11.4 Å². The van der Waals surface area contributed by atoms with Gasteiger partial charge in [0.1, 0.15) is 11.5 Å². The van der Waals surface area contributed by atoms with Gasteiger partial charge >= 0.3 is 5.69 Å². The molecule has 0 saturated carbocycles. The summed E-state index contributed by atoms with van der Waals surface area (Å²) < 4.78 is 13.4. The molecule has 3 aromatic carbocycles. The Bertz CT molecular complexity index is 1040. The summed E-state index contributed by atoms with van der Waals surface area (Å²) in [6, 6.07) is 27.1. The summed E-state index contributed by atoms with van der Waals surface area (Å²) in [5, 5.41) is 0.146. The van der Waals surface area contributed by atoms with E-state index >= 15 is 0 Å². The predicted molar refractivity (Wildman–Crippen MR) is 157 cm³/mol. The number of hydrogen-bond acceptors (Lipinski definition) is 4. The smallest absolute Gasteiger partial charge is 0.349 e. The molecule has 1 atom stereocenters. The van der Waals surface area contributed by atoms with Crippen molar-refractivity contribution in [2.24, 2.45) is 11.8 Å². The molecule has 0 aromatic heterocycles. The lowest BCUT2D eigenvalue weighted by Crippen LogP contribution is -2.04. The van der Waals surface area contributed by atoms with Crippen LogP contribution in [0.4, 0.5) is 0 Å². The topological polar surface area (TPSA) is 18.5 Å². The molecular weight excluding hydrogens is 487 g/mol. The molecule has 3 rings (SSSR count). The maximum absolute atomic E-state index is 6.71. The van der Waals surface area contributed by atoms with E-state index < -0.39 is 5.69 Å². The Morgan fingerprint density at radius 2 is 1.09 bits per heavy atom. The summed E-state index contributed by atoms with van der Waals surface area (Å²) in [5.41, 5.74) is 0.828. The summed E-state index contributed by atoms with van der Waals surface area (Å²) in [5.74, 6) is 2.96. The number of aryl methyl sites for hydroxylation is 2. The largest absolute Gasteiger partial charge is 0.428 e. The van der Waals surface area contributed by atoms with E-state index in [1.807, 2.05) is 30.3 Å². The van der Waals surface area contributed by atoms with Gasteiger partial charge < -0.3 is 9.05 Å². The SMILES string of the molecule is CC(C)CCc1ccccc1OP(=S)(Oc1ccccc1CCC(C)C)SC(C)c1ccccc1. The first-order valence-electron chi connectivity index (χ1n) is 12.6. The van der Waals surface area contributed by atoms with Crippen LogP contribution in [0.1, 0.15) is 69.4 Å². The molecule has 2 nitrogen and oxygen atoms in total. The number of hydrogen-bond donors (Lipinski definition) is 0. The molecule has 35 heavy (non-hydrogen) atoms. The van der Waals surface area contributed by atoms with E-state index in [2.05, 4.69) is 83.1 Å². The third-order valence-electron chi connectivity index (χ3n) is 5.90. The van der Waals surface area contributed by atoms with E-state index in [-0.39, 0.29) is 5.25 Å². The molecule has 0 N–H and O–H groups in total. The fourth-order valence-corrected chi connectivity index (χ4v) is 9.31. The van der Waals surface area contributed by atoms with Crippen LogP contribution in [-0.2, 0) is 24.6 Å². The molecule has 0 heterocycles. The Morgan fingerprint density at radius 3 is 1.54 bits per heavy atom. The maximum atomic E-state index is 6.71. The van der Waals surface area contributed by atoms with Crippen LogP contribution in [-0.4, -0.2) is 0 Å². The molecule has 0 aliphatic rings. The average molecular weight is 527 g/mol. The highest BCUT2D eigenvalue weighted by Gasteiger charge is 2.29. The molecule has 0 radical (unpaired) electrons. The summed E-state index contributed by atoms with van der Waals surface area (Å²) in [7, 11) is 0. The van der Waals surface area contributed by atoms with Gasteiger partial charge in [-0.15, -0.1) is 0 Å². The lowest BCUT2D eigenvalue weighted by Gasteiger charge is -2.27. The van der Waals surface area contributed by atoms with Crippen LogP contribution in [0.2, 0.25) is 0 Å². The van der Waals surface area contributed by atoms with Crippen molar-refractivity contribution < 1.29 is 9.05 Å². The van der Waals surface area contributed by atoms with Gasteiger partial charge in [-0.25, -0.2) is 0 Å². The van der Waals surface area contributed by atoms with Gasteiger partial charge in [-0.05, 0) is 96.5 Å². The Hall–Kier alpha value is -1.74. The van der Waals surface area contributed by atoms with Gasteiger partial charge in [0.05, 0.1) is 0 Å². The van der Waals surface area contributed by atoms with Crippen LogP contribution in [0.3, 0.4) is 0 Å². The Kier molecular flexibility index (Phi) is 10.8. The molecule has 0 aliphatic carbocycles. The minimum absolute atomic E-state index is 0.146. The van der Waals surface area contributed by atoms with Gasteiger partial charge in [0.15, 0.2) is 0 Å². The zero-order valence-corrected chi connectivity index (χ0v) is 24.2. The molecule has 0 bridgehead atoms. The highest BCUT2D eigenvalue weighted by Crippen LogP contribution is 2.65. The Morgan fingerprint density at radius 1 is 0.657 bits per heavy atom. The molecule has 0 fully saturated rings. The number of rotatable bonds is 13. The fraction of sp³-hybridized carbons (Fsp3) is 0.400. The third-order valence-corrected chi connectivity index (χ3v) is 11.0. The van der Waals surface area contributed by atoms with E-state index in [9.17, 15) is 0 Å². The minimum Gasteiger partial charge on any atom is -0.428 e. The molecule has 3 aromatic rings. The minimum atomic E-state index is -2.78. The molecule has 5 heteroatoms. The van der Waals surface area contributed by atoms with Crippen molar-refractivity contribution in [2.75, 3.05) is 0 Å². The quantitative estimate of drug-likeness (QED) is 0.206. The lowest BCUT2D eigenvalue weighted by atomic mass is 10.0. The fourth-order valence-electron chi connectivity index (χ4n) is 3.77. The van der Waals surface area contributed by atoms with Crippen molar-refractivity contribution in [3.05, 3.63) is 95.6 Å². The molecule has 0 spiro atoms. The van der Waals surface area contributed by atoms with Crippen molar-refractivity contribution in [3.63, 3.8) is 0 Å². The van der Waals surface area contributed by atoms with Crippen LogP contribution in [0.5, 0.6) is 11.5 Å². The van der Waals surface area contributed by atoms with E-state index in [0.717, 1.165) is 37.2 Å². The molecule has 188 valence electrons. The summed E-state index contributed by atoms with van der Waals surface area (Å²) in [6.07, 6.45) is 4.14. The van der Waals surface area contributed by atoms with Gasteiger partial charge in [-0.1, -0.05) is 94.4 Å². The van der Waals surface area contributed by atoms with E-state index in [0.29, 0.717) is 11.8 Å². The van der Waals surface area contributed by atoms with E-state index in [4.69, 9.17) is 20.9 Å². The second-order valence-electron chi connectivity index (χ2n) is 9.87. The lowest BCUT2D eigenvalue weighted by molar-refractivity contribution is 0.492. The van der Waals surface area contributed by atoms with Crippen molar-refractivity contribution >= 4 is 28.9 Å². The van der Waals surface area contributed by atoms with Gasteiger partial charge in [0, 0.05) is 5.25 Å². The normalized spacial score (nSPS) is 12.7. The van der Waals surface area contributed by atoms with Gasteiger partial charge in [0.2, 0.25) is 0 Å². The van der Waals surface area contributed by atoms with Gasteiger partial charge in [-0.3, -0.25) is 0 Å². The molecular formula is C30H39O2PS2. The van der Waals surface area contributed by atoms with E-state index in [1.165, 1.54) is 16.7 Å². The van der Waals surface area contributed by atoms with Crippen LogP contribution in [0.15, 0.2) is 78.9 Å². The predicted octanol–water partition coefficient (Wildman–Crippen LogP) is 10.0. The van der Waals surface area contributed by atoms with Crippen molar-refractivity contribution in [1.29, 1.82) is 0 Å². The first kappa shape index (κ1) is 27.8. The zero-order chi connectivity index (χ0) is 25.3. The molecule has 0 saturated heterocycles. The number of para-hydroxylation sites is 2.